The smallest absolute Gasteiger partial charge is 0.243 e. The van der Waals surface area contributed by atoms with Crippen molar-refractivity contribution < 1.29 is 8.42 Å². The minimum Gasteiger partial charge on any atom is -0.329 e. The molecule has 0 saturated carbocycles. The van der Waals surface area contributed by atoms with Gasteiger partial charge < -0.3 is 5.73 Å². The Kier molecular flexibility index (Phi) is 3.02. The highest BCUT2D eigenvalue weighted by Crippen LogP contribution is 2.05. The summed E-state index contributed by atoms with van der Waals surface area (Å²) >= 11 is 0. The zero-order valence-corrected chi connectivity index (χ0v) is 8.08. The minimum atomic E-state index is -3.37. The predicted molar refractivity (Wildman–Crippen MR) is 47.5 cm³/mol. The lowest BCUT2D eigenvalue weighted by Crippen LogP contribution is -2.18. The van der Waals surface area contributed by atoms with Crippen molar-refractivity contribution in [1.29, 1.82) is 0 Å². The van der Waals surface area contributed by atoms with Gasteiger partial charge in [0.1, 0.15) is 4.90 Å². The molecule has 0 spiro atoms. The fourth-order valence-electron chi connectivity index (χ4n) is 0.856. The van der Waals surface area contributed by atoms with Crippen molar-refractivity contribution in [3.63, 3.8) is 0 Å². The summed E-state index contributed by atoms with van der Waals surface area (Å²) in [4.78, 5) is 0.156. The average molecular weight is 204 g/mol. The van der Waals surface area contributed by atoms with Gasteiger partial charge in [-0.15, -0.1) is 0 Å². The molecule has 0 unspecified atom stereocenters. The zero-order valence-electron chi connectivity index (χ0n) is 7.27. The van der Waals surface area contributed by atoms with Crippen molar-refractivity contribution in [3.8, 4) is 0 Å². The van der Waals surface area contributed by atoms with Gasteiger partial charge >= 0.3 is 0 Å². The number of hydrogen-bond acceptors (Lipinski definition) is 4. The van der Waals surface area contributed by atoms with Gasteiger partial charge in [-0.05, 0) is 7.05 Å². The van der Waals surface area contributed by atoms with E-state index in [1.807, 2.05) is 0 Å². The van der Waals surface area contributed by atoms with Crippen molar-refractivity contribution in [3.05, 3.63) is 12.4 Å². The van der Waals surface area contributed by atoms with E-state index in [1.54, 1.807) is 0 Å². The predicted octanol–water partition coefficient (Wildman–Crippen LogP) is -1.25. The van der Waals surface area contributed by atoms with Gasteiger partial charge in [0.25, 0.3) is 0 Å². The van der Waals surface area contributed by atoms with Gasteiger partial charge in [-0.25, -0.2) is 13.1 Å². The molecular weight excluding hydrogens is 192 g/mol. The Morgan fingerprint density at radius 3 is 2.92 bits per heavy atom. The summed E-state index contributed by atoms with van der Waals surface area (Å²) in [5.74, 6) is 0. The van der Waals surface area contributed by atoms with Gasteiger partial charge in [0.2, 0.25) is 10.0 Å². The molecule has 0 aliphatic heterocycles. The molecule has 1 aromatic heterocycles. The Balaban J connectivity index is 2.92. The molecule has 1 aromatic rings. The average Bonchev–Trinajstić information content (AvgIpc) is 2.54. The lowest BCUT2D eigenvalue weighted by Gasteiger charge is -1.97. The van der Waals surface area contributed by atoms with E-state index < -0.39 is 10.0 Å². The van der Waals surface area contributed by atoms with Crippen LogP contribution in [0.2, 0.25) is 0 Å². The van der Waals surface area contributed by atoms with Crippen LogP contribution in [-0.4, -0.2) is 31.8 Å². The third kappa shape index (κ3) is 2.27. The standard InChI is InChI=1S/C6H12N4O2S/c1-8-13(11,12)6-4-9-10(5-6)3-2-7/h4-5,8H,2-3,7H2,1H3. The minimum absolute atomic E-state index is 0.156. The van der Waals surface area contributed by atoms with Crippen molar-refractivity contribution in [1.82, 2.24) is 14.5 Å². The second kappa shape index (κ2) is 3.86. The maximum Gasteiger partial charge on any atom is 0.243 e. The van der Waals surface area contributed by atoms with Gasteiger partial charge in [0, 0.05) is 12.7 Å². The van der Waals surface area contributed by atoms with Crippen LogP contribution in [0, 0.1) is 0 Å². The Hall–Kier alpha value is -0.920. The first-order chi connectivity index (χ1) is 6.10. The Morgan fingerprint density at radius 1 is 1.69 bits per heavy atom. The molecule has 0 aliphatic rings. The molecule has 0 fully saturated rings. The van der Waals surface area contributed by atoms with E-state index >= 15 is 0 Å². The molecule has 6 nitrogen and oxygen atoms in total. The number of nitrogens with two attached hydrogens (primary N) is 1. The van der Waals surface area contributed by atoms with Crippen LogP contribution in [0.15, 0.2) is 17.3 Å². The molecule has 7 heteroatoms. The largest absolute Gasteiger partial charge is 0.329 e. The molecule has 74 valence electrons. The molecule has 13 heavy (non-hydrogen) atoms. The van der Waals surface area contributed by atoms with Crippen molar-refractivity contribution in [2.24, 2.45) is 5.73 Å². The second-order valence-electron chi connectivity index (χ2n) is 2.44. The molecule has 1 rings (SSSR count). The lowest BCUT2D eigenvalue weighted by atomic mass is 10.6. The number of sulfonamides is 1. The van der Waals surface area contributed by atoms with E-state index in [1.165, 1.54) is 24.1 Å². The normalized spacial score (nSPS) is 11.8. The third-order valence-corrected chi connectivity index (χ3v) is 2.92. The molecule has 0 atom stereocenters. The Labute approximate surface area is 76.8 Å². The van der Waals surface area contributed by atoms with Crippen molar-refractivity contribution >= 4 is 10.0 Å². The maximum atomic E-state index is 11.2. The molecule has 0 aromatic carbocycles. The van der Waals surface area contributed by atoms with Gasteiger partial charge in [0.05, 0.1) is 12.7 Å². The van der Waals surface area contributed by atoms with Crippen LogP contribution in [0.4, 0.5) is 0 Å². The zero-order chi connectivity index (χ0) is 9.90. The molecule has 3 N–H and O–H groups in total. The first-order valence-electron chi connectivity index (χ1n) is 3.76. The SMILES string of the molecule is CNS(=O)(=O)c1cnn(CCN)c1. The van der Waals surface area contributed by atoms with E-state index in [4.69, 9.17) is 5.73 Å². The molecule has 0 saturated heterocycles. The van der Waals surface area contributed by atoms with E-state index in [0.29, 0.717) is 13.1 Å². The molecule has 0 aliphatic carbocycles. The van der Waals surface area contributed by atoms with Crippen LogP contribution in [0.5, 0.6) is 0 Å². The summed E-state index contributed by atoms with van der Waals surface area (Å²) in [7, 11) is -2.01. The number of aromatic nitrogens is 2. The quantitative estimate of drug-likeness (QED) is 0.641. The first-order valence-corrected chi connectivity index (χ1v) is 5.24. The number of hydrogen-bond donors (Lipinski definition) is 2. The van der Waals surface area contributed by atoms with Gasteiger partial charge in [0.15, 0.2) is 0 Å². The highest BCUT2D eigenvalue weighted by atomic mass is 32.2. The van der Waals surface area contributed by atoms with Crippen molar-refractivity contribution in [2.75, 3.05) is 13.6 Å². The van der Waals surface area contributed by atoms with Gasteiger partial charge in [-0.3, -0.25) is 4.68 Å². The van der Waals surface area contributed by atoms with E-state index in [0.717, 1.165) is 0 Å². The summed E-state index contributed by atoms with van der Waals surface area (Å²) in [6.07, 6.45) is 2.74. The topological polar surface area (TPSA) is 90.0 Å². The van der Waals surface area contributed by atoms with Gasteiger partial charge in [-0.2, -0.15) is 5.10 Å². The van der Waals surface area contributed by atoms with E-state index in [-0.39, 0.29) is 4.90 Å². The summed E-state index contributed by atoms with van der Waals surface area (Å²) in [6.45, 7) is 0.944. The molecular formula is C6H12N4O2S. The monoisotopic (exact) mass is 204 g/mol. The third-order valence-electron chi connectivity index (χ3n) is 1.55. The summed E-state index contributed by atoms with van der Waals surface area (Å²) < 4.78 is 26.1. The van der Waals surface area contributed by atoms with Gasteiger partial charge in [-0.1, -0.05) is 0 Å². The summed E-state index contributed by atoms with van der Waals surface area (Å²) in [6, 6.07) is 0. The van der Waals surface area contributed by atoms with Crippen LogP contribution in [0.1, 0.15) is 0 Å². The Morgan fingerprint density at radius 2 is 2.38 bits per heavy atom. The summed E-state index contributed by atoms with van der Waals surface area (Å²) in [5, 5.41) is 3.84. The highest BCUT2D eigenvalue weighted by molar-refractivity contribution is 7.89. The number of rotatable bonds is 4. The molecule has 0 amide bonds. The van der Waals surface area contributed by atoms with E-state index in [2.05, 4.69) is 9.82 Å². The van der Waals surface area contributed by atoms with Crippen LogP contribution in [-0.2, 0) is 16.6 Å². The number of nitrogens with zero attached hydrogens (tertiary/aromatic N) is 2. The molecule has 0 bridgehead atoms. The molecule has 1 heterocycles. The number of nitrogens with one attached hydrogen (secondary N) is 1. The Bertz CT molecular complexity index is 370. The maximum absolute atomic E-state index is 11.2. The molecule has 0 radical (unpaired) electrons. The van der Waals surface area contributed by atoms with Crippen molar-refractivity contribution in [2.45, 2.75) is 11.4 Å². The van der Waals surface area contributed by atoms with Crippen LogP contribution >= 0.6 is 0 Å². The highest BCUT2D eigenvalue weighted by Gasteiger charge is 2.12. The van der Waals surface area contributed by atoms with Crippen LogP contribution < -0.4 is 10.5 Å². The lowest BCUT2D eigenvalue weighted by molar-refractivity contribution is 0.587. The summed E-state index contributed by atoms with van der Waals surface area (Å²) in [5.41, 5.74) is 5.29. The van der Waals surface area contributed by atoms with Crippen LogP contribution in [0.3, 0.4) is 0 Å². The first kappa shape index (κ1) is 10.2. The fourth-order valence-corrected chi connectivity index (χ4v) is 1.54. The fraction of sp³-hybridized carbons (Fsp3) is 0.500. The second-order valence-corrected chi connectivity index (χ2v) is 4.32. The van der Waals surface area contributed by atoms with E-state index in [9.17, 15) is 8.42 Å². The van der Waals surface area contributed by atoms with Crippen LogP contribution in [0.25, 0.3) is 0 Å².